The molecule has 2 aromatic carbocycles. The van der Waals surface area contributed by atoms with Crippen molar-refractivity contribution in [2.24, 2.45) is 0 Å². The van der Waals surface area contributed by atoms with Crippen LogP contribution in [0.1, 0.15) is 5.01 Å². The van der Waals surface area contributed by atoms with Gasteiger partial charge in [-0.1, -0.05) is 23.7 Å². The van der Waals surface area contributed by atoms with Gasteiger partial charge in [-0.15, -0.1) is 11.3 Å². The quantitative estimate of drug-likeness (QED) is 0.710. The van der Waals surface area contributed by atoms with Gasteiger partial charge >= 0.3 is 0 Å². The first-order valence-electron chi connectivity index (χ1n) is 6.85. The molecule has 0 fully saturated rings. The molecule has 124 valence electrons. The van der Waals surface area contributed by atoms with Crippen LogP contribution in [-0.4, -0.2) is 13.4 Å². The number of aryl methyl sites for hydroxylation is 1. The summed E-state index contributed by atoms with van der Waals surface area (Å²) in [7, 11) is -4.06. The molecule has 0 aliphatic rings. The van der Waals surface area contributed by atoms with Crippen molar-refractivity contribution >= 4 is 38.6 Å². The van der Waals surface area contributed by atoms with E-state index in [1.165, 1.54) is 17.4 Å². The molecule has 4 nitrogen and oxygen atoms in total. The Labute approximate surface area is 148 Å². The van der Waals surface area contributed by atoms with Gasteiger partial charge in [0.25, 0.3) is 10.0 Å². The molecule has 1 N–H and O–H groups in total. The summed E-state index contributed by atoms with van der Waals surface area (Å²) in [6, 6.07) is 10.2. The fourth-order valence-electron chi connectivity index (χ4n) is 2.14. The highest BCUT2D eigenvalue weighted by Crippen LogP contribution is 2.26. The average Bonchev–Trinajstić information content (AvgIpc) is 2.93. The van der Waals surface area contributed by atoms with Gasteiger partial charge in [-0.05, 0) is 37.3 Å². The van der Waals surface area contributed by atoms with Gasteiger partial charge in [0.2, 0.25) is 0 Å². The van der Waals surface area contributed by atoms with E-state index in [1.807, 2.05) is 18.4 Å². The number of nitrogens with one attached hydrogen (secondary N) is 1. The Morgan fingerprint density at radius 1 is 1.21 bits per heavy atom. The number of rotatable bonds is 4. The zero-order chi connectivity index (χ0) is 17.3. The van der Waals surface area contributed by atoms with Gasteiger partial charge in [0.05, 0.1) is 10.7 Å². The molecule has 24 heavy (non-hydrogen) atoms. The zero-order valence-corrected chi connectivity index (χ0v) is 14.8. The van der Waals surface area contributed by atoms with Gasteiger partial charge in [0.15, 0.2) is 0 Å². The molecule has 0 aliphatic carbocycles. The summed E-state index contributed by atoms with van der Waals surface area (Å²) in [4.78, 5) is 3.91. The predicted molar refractivity (Wildman–Crippen MR) is 94.5 cm³/mol. The van der Waals surface area contributed by atoms with Crippen LogP contribution in [0.15, 0.2) is 52.7 Å². The summed E-state index contributed by atoms with van der Waals surface area (Å²) in [5.41, 5.74) is 1.86. The number of halogens is 2. The minimum absolute atomic E-state index is 0.132. The fraction of sp³-hybridized carbons (Fsp3) is 0.0625. The SMILES string of the molecule is Cc1nc(-c2cccc(NS(=O)(=O)c3ccc(Cl)cc3F)c2)cs1. The Hall–Kier alpha value is -1.96. The highest BCUT2D eigenvalue weighted by molar-refractivity contribution is 7.92. The summed E-state index contributed by atoms with van der Waals surface area (Å²) < 4.78 is 41.0. The molecule has 0 radical (unpaired) electrons. The van der Waals surface area contributed by atoms with Crippen molar-refractivity contribution in [2.75, 3.05) is 4.72 Å². The number of nitrogens with zero attached hydrogens (tertiary/aromatic N) is 1. The molecule has 0 amide bonds. The topological polar surface area (TPSA) is 59.1 Å². The summed E-state index contributed by atoms with van der Waals surface area (Å²) in [5, 5.41) is 2.94. The third kappa shape index (κ3) is 3.58. The Morgan fingerprint density at radius 3 is 2.67 bits per heavy atom. The summed E-state index contributed by atoms with van der Waals surface area (Å²) in [5.74, 6) is -0.902. The van der Waals surface area contributed by atoms with Crippen molar-refractivity contribution in [3.05, 3.63) is 63.7 Å². The molecule has 0 saturated heterocycles. The monoisotopic (exact) mass is 382 g/mol. The number of thiazole rings is 1. The molecule has 0 aliphatic heterocycles. The van der Waals surface area contributed by atoms with Crippen molar-refractivity contribution in [1.82, 2.24) is 4.98 Å². The van der Waals surface area contributed by atoms with E-state index in [0.29, 0.717) is 5.69 Å². The van der Waals surface area contributed by atoms with E-state index in [9.17, 15) is 12.8 Å². The molecule has 0 unspecified atom stereocenters. The number of hydrogen-bond donors (Lipinski definition) is 1. The molecule has 1 heterocycles. The third-order valence-corrected chi connectivity index (χ3v) is 5.64. The molecule has 0 atom stereocenters. The van der Waals surface area contributed by atoms with E-state index < -0.39 is 20.7 Å². The van der Waals surface area contributed by atoms with Crippen LogP contribution in [0.2, 0.25) is 5.02 Å². The molecule has 3 rings (SSSR count). The van der Waals surface area contributed by atoms with Crippen LogP contribution in [0.4, 0.5) is 10.1 Å². The maximum Gasteiger partial charge on any atom is 0.264 e. The van der Waals surface area contributed by atoms with Crippen molar-refractivity contribution in [2.45, 2.75) is 11.8 Å². The Balaban J connectivity index is 1.93. The standard InChI is InChI=1S/C16H12ClFN2O2S2/c1-10-19-15(9-23-10)11-3-2-4-13(7-11)20-24(21,22)16-6-5-12(17)8-14(16)18/h2-9,20H,1H3. The zero-order valence-electron chi connectivity index (χ0n) is 12.5. The first-order chi connectivity index (χ1) is 11.3. The van der Waals surface area contributed by atoms with Crippen LogP contribution in [0, 0.1) is 12.7 Å². The smallest absolute Gasteiger partial charge is 0.264 e. The maximum atomic E-state index is 13.9. The number of benzene rings is 2. The van der Waals surface area contributed by atoms with Gasteiger partial charge in [-0.2, -0.15) is 0 Å². The van der Waals surface area contributed by atoms with E-state index in [2.05, 4.69) is 9.71 Å². The molecular weight excluding hydrogens is 371 g/mol. The molecule has 8 heteroatoms. The molecular formula is C16H12ClFN2O2S2. The predicted octanol–water partition coefficient (Wildman–Crippen LogP) is 4.71. The first-order valence-corrected chi connectivity index (χ1v) is 9.60. The van der Waals surface area contributed by atoms with Crippen molar-refractivity contribution in [1.29, 1.82) is 0 Å². The lowest BCUT2D eigenvalue weighted by molar-refractivity contribution is 0.570. The Morgan fingerprint density at radius 2 is 2.00 bits per heavy atom. The molecule has 0 bridgehead atoms. The minimum atomic E-state index is -4.06. The van der Waals surface area contributed by atoms with E-state index >= 15 is 0 Å². The van der Waals surface area contributed by atoms with Gasteiger partial charge in [0, 0.05) is 21.7 Å². The largest absolute Gasteiger partial charge is 0.280 e. The van der Waals surface area contributed by atoms with Crippen LogP contribution in [0.5, 0.6) is 0 Å². The minimum Gasteiger partial charge on any atom is -0.280 e. The van der Waals surface area contributed by atoms with Gasteiger partial charge in [0.1, 0.15) is 10.7 Å². The molecule has 0 spiro atoms. The number of aromatic nitrogens is 1. The van der Waals surface area contributed by atoms with Gasteiger partial charge < -0.3 is 0 Å². The molecule has 0 saturated carbocycles. The number of sulfonamides is 1. The second kappa shape index (κ2) is 6.51. The van der Waals surface area contributed by atoms with Gasteiger partial charge in [-0.3, -0.25) is 4.72 Å². The van der Waals surface area contributed by atoms with Crippen molar-refractivity contribution < 1.29 is 12.8 Å². The van der Waals surface area contributed by atoms with Gasteiger partial charge in [-0.25, -0.2) is 17.8 Å². The summed E-state index contributed by atoms with van der Waals surface area (Å²) in [6.07, 6.45) is 0. The Bertz CT molecular complexity index is 1000. The lowest BCUT2D eigenvalue weighted by Crippen LogP contribution is -2.14. The van der Waals surface area contributed by atoms with Crippen LogP contribution in [-0.2, 0) is 10.0 Å². The average molecular weight is 383 g/mol. The molecule has 3 aromatic rings. The summed E-state index contributed by atoms with van der Waals surface area (Å²) in [6.45, 7) is 1.89. The van der Waals surface area contributed by atoms with Crippen LogP contribution in [0.25, 0.3) is 11.3 Å². The number of hydrogen-bond acceptors (Lipinski definition) is 4. The first kappa shape index (κ1) is 16.9. The second-order valence-corrected chi connectivity index (χ2v) is 8.16. The third-order valence-electron chi connectivity index (χ3n) is 3.21. The maximum absolute atomic E-state index is 13.9. The second-order valence-electron chi connectivity index (χ2n) is 5.01. The van der Waals surface area contributed by atoms with E-state index in [0.717, 1.165) is 28.4 Å². The van der Waals surface area contributed by atoms with E-state index in [4.69, 9.17) is 11.6 Å². The molecule has 1 aromatic heterocycles. The van der Waals surface area contributed by atoms with Crippen LogP contribution >= 0.6 is 22.9 Å². The van der Waals surface area contributed by atoms with E-state index in [1.54, 1.807) is 18.2 Å². The van der Waals surface area contributed by atoms with Crippen LogP contribution < -0.4 is 4.72 Å². The van der Waals surface area contributed by atoms with Crippen molar-refractivity contribution in [3.63, 3.8) is 0 Å². The highest BCUT2D eigenvalue weighted by atomic mass is 35.5. The lowest BCUT2D eigenvalue weighted by Gasteiger charge is -2.10. The van der Waals surface area contributed by atoms with E-state index in [-0.39, 0.29) is 5.02 Å². The van der Waals surface area contributed by atoms with Crippen molar-refractivity contribution in [3.8, 4) is 11.3 Å². The fourth-order valence-corrected chi connectivity index (χ4v) is 4.03. The van der Waals surface area contributed by atoms with Crippen LogP contribution in [0.3, 0.4) is 0 Å². The Kier molecular flexibility index (Phi) is 4.58. The summed E-state index contributed by atoms with van der Waals surface area (Å²) >= 11 is 7.16. The lowest BCUT2D eigenvalue weighted by atomic mass is 10.1. The highest BCUT2D eigenvalue weighted by Gasteiger charge is 2.19. The number of anilines is 1. The normalized spacial score (nSPS) is 11.5.